The van der Waals surface area contributed by atoms with E-state index in [-0.39, 0.29) is 0 Å². The van der Waals surface area contributed by atoms with Crippen molar-refractivity contribution < 1.29 is 4.21 Å². The zero-order valence-electron chi connectivity index (χ0n) is 12.2. The standard InChI is InChI=1S/C14H25N3OS/c1-4-19(18)8-7-17-13-5-6-15-10-12(13)16-14(17)9-11(2)3/h11,15H,4-10H2,1-3H3. The molecule has 4 nitrogen and oxygen atoms in total. The van der Waals surface area contributed by atoms with Gasteiger partial charge < -0.3 is 9.88 Å². The van der Waals surface area contributed by atoms with Gasteiger partial charge in [-0.2, -0.15) is 0 Å². The molecule has 0 spiro atoms. The molecule has 1 atom stereocenters. The van der Waals surface area contributed by atoms with Crippen LogP contribution in [0.15, 0.2) is 0 Å². The summed E-state index contributed by atoms with van der Waals surface area (Å²) >= 11 is 0. The van der Waals surface area contributed by atoms with Crippen LogP contribution in [0.2, 0.25) is 0 Å². The van der Waals surface area contributed by atoms with Crippen molar-refractivity contribution in [1.29, 1.82) is 0 Å². The molecule has 1 unspecified atom stereocenters. The van der Waals surface area contributed by atoms with Crippen LogP contribution in [-0.2, 0) is 36.7 Å². The molecule has 1 N–H and O–H groups in total. The number of hydrogen-bond donors (Lipinski definition) is 1. The van der Waals surface area contributed by atoms with E-state index in [0.717, 1.165) is 44.0 Å². The maximum Gasteiger partial charge on any atom is 0.109 e. The average molecular weight is 283 g/mol. The van der Waals surface area contributed by atoms with Gasteiger partial charge in [0.05, 0.1) is 5.69 Å². The smallest absolute Gasteiger partial charge is 0.109 e. The monoisotopic (exact) mass is 283 g/mol. The summed E-state index contributed by atoms with van der Waals surface area (Å²) in [6.07, 6.45) is 2.05. The SMILES string of the molecule is CCS(=O)CCn1c(CC(C)C)nc2c1CCNC2. The largest absolute Gasteiger partial charge is 0.331 e. The topological polar surface area (TPSA) is 46.9 Å². The summed E-state index contributed by atoms with van der Waals surface area (Å²) in [5.41, 5.74) is 2.56. The molecule has 0 radical (unpaired) electrons. The Balaban J connectivity index is 2.21. The van der Waals surface area contributed by atoms with E-state index in [1.54, 1.807) is 0 Å². The van der Waals surface area contributed by atoms with Gasteiger partial charge in [0, 0.05) is 60.5 Å². The minimum absolute atomic E-state index is 0.604. The van der Waals surface area contributed by atoms with Crippen molar-refractivity contribution in [1.82, 2.24) is 14.9 Å². The van der Waals surface area contributed by atoms with Crippen LogP contribution in [-0.4, -0.2) is 31.8 Å². The maximum atomic E-state index is 11.7. The van der Waals surface area contributed by atoms with Crippen molar-refractivity contribution in [3.05, 3.63) is 17.2 Å². The van der Waals surface area contributed by atoms with Gasteiger partial charge in [-0.25, -0.2) is 4.98 Å². The average Bonchev–Trinajstić information content (AvgIpc) is 2.72. The zero-order chi connectivity index (χ0) is 13.8. The van der Waals surface area contributed by atoms with Gasteiger partial charge in [0.1, 0.15) is 5.82 Å². The fourth-order valence-corrected chi connectivity index (χ4v) is 3.22. The van der Waals surface area contributed by atoms with E-state index in [2.05, 4.69) is 23.7 Å². The molecule has 0 saturated heterocycles. The Kier molecular flexibility index (Phi) is 5.16. The van der Waals surface area contributed by atoms with E-state index in [1.807, 2.05) is 6.92 Å². The van der Waals surface area contributed by atoms with Crippen molar-refractivity contribution in [2.24, 2.45) is 5.92 Å². The highest BCUT2D eigenvalue weighted by atomic mass is 32.2. The minimum Gasteiger partial charge on any atom is -0.331 e. The summed E-state index contributed by atoms with van der Waals surface area (Å²) in [6, 6.07) is 0. The molecule has 0 aliphatic carbocycles. The molecule has 0 aromatic carbocycles. The van der Waals surface area contributed by atoms with Crippen molar-refractivity contribution >= 4 is 10.8 Å². The molecule has 0 fully saturated rings. The van der Waals surface area contributed by atoms with Gasteiger partial charge in [-0.15, -0.1) is 0 Å². The molecular weight excluding hydrogens is 258 g/mol. The highest BCUT2D eigenvalue weighted by Gasteiger charge is 2.20. The third-order valence-electron chi connectivity index (χ3n) is 3.52. The first-order valence-electron chi connectivity index (χ1n) is 7.24. The van der Waals surface area contributed by atoms with Crippen LogP contribution in [0.4, 0.5) is 0 Å². The van der Waals surface area contributed by atoms with Gasteiger partial charge >= 0.3 is 0 Å². The minimum atomic E-state index is -0.698. The molecule has 0 saturated carbocycles. The van der Waals surface area contributed by atoms with Gasteiger partial charge in [-0.05, 0) is 5.92 Å². The second-order valence-electron chi connectivity index (χ2n) is 5.53. The van der Waals surface area contributed by atoms with Crippen LogP contribution < -0.4 is 5.32 Å². The van der Waals surface area contributed by atoms with Gasteiger partial charge in [0.15, 0.2) is 0 Å². The molecule has 2 heterocycles. The van der Waals surface area contributed by atoms with Crippen molar-refractivity contribution in [2.45, 2.75) is 46.7 Å². The highest BCUT2D eigenvalue weighted by Crippen LogP contribution is 2.18. The van der Waals surface area contributed by atoms with Gasteiger partial charge in [0.2, 0.25) is 0 Å². The summed E-state index contributed by atoms with van der Waals surface area (Å²) in [5, 5.41) is 3.38. The molecule has 1 aliphatic heterocycles. The van der Waals surface area contributed by atoms with E-state index in [0.29, 0.717) is 5.92 Å². The van der Waals surface area contributed by atoms with E-state index in [4.69, 9.17) is 4.98 Å². The Labute approximate surface area is 118 Å². The summed E-state index contributed by atoms with van der Waals surface area (Å²) in [5.74, 6) is 3.28. The fraction of sp³-hybridized carbons (Fsp3) is 0.786. The molecule has 1 aromatic rings. The van der Waals surface area contributed by atoms with Crippen LogP contribution in [0.25, 0.3) is 0 Å². The van der Waals surface area contributed by atoms with Crippen molar-refractivity contribution in [3.8, 4) is 0 Å². The first kappa shape index (κ1) is 14.7. The van der Waals surface area contributed by atoms with Gasteiger partial charge in [0.25, 0.3) is 0 Å². The lowest BCUT2D eigenvalue weighted by molar-refractivity contribution is 0.564. The van der Waals surface area contributed by atoms with Gasteiger partial charge in [-0.1, -0.05) is 20.8 Å². The number of aromatic nitrogens is 2. The maximum absolute atomic E-state index is 11.7. The Morgan fingerprint density at radius 1 is 1.47 bits per heavy atom. The molecule has 0 amide bonds. The van der Waals surface area contributed by atoms with Crippen molar-refractivity contribution in [3.63, 3.8) is 0 Å². The summed E-state index contributed by atoms with van der Waals surface area (Å²) in [7, 11) is -0.698. The lowest BCUT2D eigenvalue weighted by Crippen LogP contribution is -2.25. The Bertz CT molecular complexity index is 454. The third kappa shape index (κ3) is 3.66. The van der Waals surface area contributed by atoms with Crippen LogP contribution >= 0.6 is 0 Å². The fourth-order valence-electron chi connectivity index (χ4n) is 2.55. The molecule has 1 aromatic heterocycles. The van der Waals surface area contributed by atoms with Crippen LogP contribution in [0, 0.1) is 5.92 Å². The zero-order valence-corrected chi connectivity index (χ0v) is 13.1. The van der Waals surface area contributed by atoms with Crippen LogP contribution in [0.3, 0.4) is 0 Å². The second-order valence-corrected chi connectivity index (χ2v) is 7.40. The quantitative estimate of drug-likeness (QED) is 0.860. The second kappa shape index (κ2) is 6.66. The lowest BCUT2D eigenvalue weighted by Gasteiger charge is -2.16. The summed E-state index contributed by atoms with van der Waals surface area (Å²) in [6.45, 7) is 9.19. The summed E-state index contributed by atoms with van der Waals surface area (Å²) in [4.78, 5) is 4.80. The van der Waals surface area contributed by atoms with Crippen LogP contribution in [0.5, 0.6) is 0 Å². The predicted octanol–water partition coefficient (Wildman–Crippen LogP) is 1.50. The van der Waals surface area contributed by atoms with E-state index in [9.17, 15) is 4.21 Å². The molecular formula is C14H25N3OS. The number of hydrogen-bond acceptors (Lipinski definition) is 3. The molecule has 1 aliphatic rings. The van der Waals surface area contributed by atoms with E-state index >= 15 is 0 Å². The number of rotatable bonds is 6. The lowest BCUT2D eigenvalue weighted by atomic mass is 10.1. The van der Waals surface area contributed by atoms with E-state index < -0.39 is 10.8 Å². The summed E-state index contributed by atoms with van der Waals surface area (Å²) < 4.78 is 14.0. The first-order valence-corrected chi connectivity index (χ1v) is 8.73. The number of fused-ring (bicyclic) bond motifs is 1. The van der Waals surface area contributed by atoms with Gasteiger partial charge in [-0.3, -0.25) is 4.21 Å². The number of imidazole rings is 1. The molecule has 19 heavy (non-hydrogen) atoms. The highest BCUT2D eigenvalue weighted by molar-refractivity contribution is 7.84. The normalized spacial score (nSPS) is 16.6. The predicted molar refractivity (Wildman–Crippen MR) is 79.7 cm³/mol. The number of nitrogens with one attached hydrogen (secondary N) is 1. The molecule has 5 heteroatoms. The Morgan fingerprint density at radius 2 is 2.26 bits per heavy atom. The first-order chi connectivity index (χ1) is 9.11. The molecule has 108 valence electrons. The third-order valence-corrected chi connectivity index (χ3v) is 4.80. The molecule has 2 rings (SSSR count). The van der Waals surface area contributed by atoms with Crippen molar-refractivity contribution in [2.75, 3.05) is 18.1 Å². The van der Waals surface area contributed by atoms with Crippen LogP contribution in [0.1, 0.15) is 38.0 Å². The Morgan fingerprint density at radius 3 is 2.95 bits per heavy atom. The van der Waals surface area contributed by atoms with E-state index in [1.165, 1.54) is 17.2 Å². The molecule has 0 bridgehead atoms. The Hall–Kier alpha value is -0.680. The number of nitrogens with zero attached hydrogens (tertiary/aromatic N) is 2.